The van der Waals surface area contributed by atoms with Crippen molar-refractivity contribution in [1.29, 1.82) is 0 Å². The molecule has 0 spiro atoms. The van der Waals surface area contributed by atoms with Gasteiger partial charge in [-0.2, -0.15) is 26.3 Å². The number of benzene rings is 1. The molecule has 8 nitrogen and oxygen atoms in total. The summed E-state index contributed by atoms with van der Waals surface area (Å²) < 4.78 is 77.6. The third-order valence-corrected chi connectivity index (χ3v) is 3.74. The first-order chi connectivity index (χ1) is 13.7. The molecule has 0 aliphatic rings. The standard InChI is InChI=1S/C16H17F6N3O5/c17-15(18,19)8-3-4-11(16(20,21)22)10(6-8)12(26)24-7-9(25-14(29)30)2-1-5-23-13(27)28/h3-4,6,9,23,25H,1-2,5,7H2,(H,24,26)(H,27,28)(H,29,30)/t9-/m0/s1. The minimum atomic E-state index is -5.10. The number of hydrogen-bond donors (Lipinski definition) is 5. The van der Waals surface area contributed by atoms with Crippen LogP contribution in [0.4, 0.5) is 35.9 Å². The Morgan fingerprint density at radius 2 is 1.57 bits per heavy atom. The van der Waals surface area contributed by atoms with E-state index in [1.54, 1.807) is 0 Å². The number of nitrogens with one attached hydrogen (secondary N) is 3. The van der Waals surface area contributed by atoms with E-state index in [0.29, 0.717) is 0 Å². The normalized spacial score (nSPS) is 12.7. The summed E-state index contributed by atoms with van der Waals surface area (Å²) in [6.45, 7) is -0.599. The molecule has 0 aliphatic heterocycles. The molecule has 1 aromatic rings. The number of rotatable bonds is 8. The molecule has 0 saturated heterocycles. The molecule has 5 N–H and O–H groups in total. The molecule has 30 heavy (non-hydrogen) atoms. The number of carbonyl (C=O) groups is 3. The zero-order chi connectivity index (χ0) is 23.1. The Hall–Kier alpha value is -3.19. The lowest BCUT2D eigenvalue weighted by Crippen LogP contribution is -2.43. The number of carbonyl (C=O) groups excluding carboxylic acids is 1. The Labute approximate surface area is 165 Å². The van der Waals surface area contributed by atoms with Crippen molar-refractivity contribution >= 4 is 18.1 Å². The van der Waals surface area contributed by atoms with Gasteiger partial charge in [-0.05, 0) is 31.0 Å². The molecule has 168 valence electrons. The van der Waals surface area contributed by atoms with E-state index in [1.165, 1.54) is 0 Å². The van der Waals surface area contributed by atoms with Crippen molar-refractivity contribution in [3.63, 3.8) is 0 Å². The predicted molar refractivity (Wildman–Crippen MR) is 89.0 cm³/mol. The second-order valence-electron chi connectivity index (χ2n) is 5.99. The van der Waals surface area contributed by atoms with Crippen LogP contribution in [-0.4, -0.2) is 47.4 Å². The van der Waals surface area contributed by atoms with Gasteiger partial charge in [-0.1, -0.05) is 0 Å². The average molecular weight is 445 g/mol. The number of hydrogen-bond acceptors (Lipinski definition) is 3. The maximum absolute atomic E-state index is 13.1. The highest BCUT2D eigenvalue weighted by molar-refractivity contribution is 5.96. The molecular weight excluding hydrogens is 428 g/mol. The van der Waals surface area contributed by atoms with Gasteiger partial charge in [0.1, 0.15) is 0 Å². The fourth-order valence-electron chi connectivity index (χ4n) is 2.41. The van der Waals surface area contributed by atoms with Gasteiger partial charge in [-0.25, -0.2) is 9.59 Å². The smallest absolute Gasteiger partial charge is 0.417 e. The molecule has 0 heterocycles. The minimum absolute atomic E-state index is 0.0123. The monoisotopic (exact) mass is 445 g/mol. The quantitative estimate of drug-likeness (QED) is 0.310. The lowest BCUT2D eigenvalue weighted by Gasteiger charge is -2.19. The van der Waals surface area contributed by atoms with Crippen LogP contribution in [0.2, 0.25) is 0 Å². The van der Waals surface area contributed by atoms with E-state index in [-0.39, 0.29) is 37.6 Å². The van der Waals surface area contributed by atoms with Gasteiger partial charge < -0.3 is 26.2 Å². The van der Waals surface area contributed by atoms with Crippen molar-refractivity contribution in [1.82, 2.24) is 16.0 Å². The van der Waals surface area contributed by atoms with E-state index in [4.69, 9.17) is 10.2 Å². The minimum Gasteiger partial charge on any atom is -0.465 e. The first-order valence-electron chi connectivity index (χ1n) is 8.24. The summed E-state index contributed by atoms with van der Waals surface area (Å²) in [5.41, 5.74) is -4.30. The van der Waals surface area contributed by atoms with Gasteiger partial charge >= 0.3 is 24.5 Å². The van der Waals surface area contributed by atoms with Crippen LogP contribution in [0.1, 0.15) is 34.3 Å². The molecule has 1 aromatic carbocycles. The Morgan fingerprint density at radius 1 is 0.933 bits per heavy atom. The average Bonchev–Trinajstić information content (AvgIpc) is 2.60. The summed E-state index contributed by atoms with van der Waals surface area (Å²) in [7, 11) is 0. The molecule has 14 heteroatoms. The van der Waals surface area contributed by atoms with Gasteiger partial charge in [-0.3, -0.25) is 4.79 Å². The van der Waals surface area contributed by atoms with E-state index in [1.807, 2.05) is 16.0 Å². The summed E-state index contributed by atoms with van der Waals surface area (Å²) in [5, 5.41) is 23.2. The first kappa shape index (κ1) is 24.8. The van der Waals surface area contributed by atoms with Crippen LogP contribution < -0.4 is 16.0 Å². The molecular formula is C16H17F6N3O5. The van der Waals surface area contributed by atoms with Gasteiger partial charge in [0.25, 0.3) is 5.91 Å². The molecule has 0 radical (unpaired) electrons. The summed E-state index contributed by atoms with van der Waals surface area (Å²) in [4.78, 5) is 33.3. The summed E-state index contributed by atoms with van der Waals surface area (Å²) >= 11 is 0. The fraction of sp³-hybridized carbons (Fsp3) is 0.438. The van der Waals surface area contributed by atoms with E-state index < -0.39 is 59.7 Å². The highest BCUT2D eigenvalue weighted by Gasteiger charge is 2.38. The van der Waals surface area contributed by atoms with Gasteiger partial charge in [0.15, 0.2) is 0 Å². The Kier molecular flexibility index (Phi) is 8.30. The van der Waals surface area contributed by atoms with Crippen LogP contribution in [0, 0.1) is 0 Å². The third kappa shape index (κ3) is 8.05. The van der Waals surface area contributed by atoms with Gasteiger partial charge in [0, 0.05) is 19.1 Å². The van der Waals surface area contributed by atoms with E-state index in [9.17, 15) is 40.7 Å². The molecule has 0 unspecified atom stereocenters. The molecule has 0 fully saturated rings. The molecule has 0 bridgehead atoms. The van der Waals surface area contributed by atoms with E-state index in [0.717, 1.165) is 0 Å². The molecule has 3 amide bonds. The zero-order valence-corrected chi connectivity index (χ0v) is 15.0. The van der Waals surface area contributed by atoms with Crippen LogP contribution in [0.3, 0.4) is 0 Å². The summed E-state index contributed by atoms with van der Waals surface area (Å²) in [6, 6.07) is -0.622. The lowest BCUT2D eigenvalue weighted by molar-refractivity contribution is -0.141. The van der Waals surface area contributed by atoms with Crippen molar-refractivity contribution in [3.05, 3.63) is 34.9 Å². The van der Waals surface area contributed by atoms with Crippen molar-refractivity contribution in [2.45, 2.75) is 31.2 Å². The maximum atomic E-state index is 13.1. The SMILES string of the molecule is O=C(O)NCCC[C@@H](CNC(=O)c1cc(C(F)(F)F)ccc1C(F)(F)F)NC(=O)O. The number of alkyl halides is 6. The third-order valence-electron chi connectivity index (χ3n) is 3.74. The van der Waals surface area contributed by atoms with E-state index in [2.05, 4.69) is 0 Å². The van der Waals surface area contributed by atoms with Crippen LogP contribution in [0.15, 0.2) is 18.2 Å². The number of carboxylic acid groups (broad SMARTS) is 2. The molecule has 0 aliphatic carbocycles. The number of amides is 3. The van der Waals surface area contributed by atoms with Gasteiger partial charge in [-0.15, -0.1) is 0 Å². The van der Waals surface area contributed by atoms with Gasteiger partial charge in [0.05, 0.1) is 16.7 Å². The second-order valence-corrected chi connectivity index (χ2v) is 5.99. The highest BCUT2D eigenvalue weighted by Crippen LogP contribution is 2.36. The Bertz CT molecular complexity index is 782. The van der Waals surface area contributed by atoms with Crippen LogP contribution in [0.5, 0.6) is 0 Å². The van der Waals surface area contributed by atoms with E-state index >= 15 is 0 Å². The highest BCUT2D eigenvalue weighted by atomic mass is 19.4. The summed E-state index contributed by atoms with van der Waals surface area (Å²) in [6.07, 6.45) is -12.8. The zero-order valence-electron chi connectivity index (χ0n) is 15.0. The second kappa shape index (κ2) is 10.0. The lowest BCUT2D eigenvalue weighted by atomic mass is 10.0. The molecule has 1 atom stereocenters. The van der Waals surface area contributed by atoms with Crippen molar-refractivity contribution in [2.24, 2.45) is 0 Å². The molecule has 1 rings (SSSR count). The largest absolute Gasteiger partial charge is 0.465 e. The Balaban J connectivity index is 2.96. The number of halogens is 6. The van der Waals surface area contributed by atoms with Gasteiger partial charge in [0.2, 0.25) is 0 Å². The van der Waals surface area contributed by atoms with Crippen molar-refractivity contribution in [2.75, 3.05) is 13.1 Å². The first-order valence-corrected chi connectivity index (χ1v) is 8.24. The molecule has 0 aromatic heterocycles. The molecule has 0 saturated carbocycles. The maximum Gasteiger partial charge on any atom is 0.417 e. The fourth-order valence-corrected chi connectivity index (χ4v) is 2.41. The van der Waals surface area contributed by atoms with Crippen LogP contribution >= 0.6 is 0 Å². The van der Waals surface area contributed by atoms with Crippen LogP contribution in [-0.2, 0) is 12.4 Å². The Morgan fingerprint density at radius 3 is 2.07 bits per heavy atom. The predicted octanol–water partition coefficient (Wildman–Crippen LogP) is 3.14. The summed E-state index contributed by atoms with van der Waals surface area (Å²) in [5.74, 6) is -1.48. The van der Waals surface area contributed by atoms with Crippen molar-refractivity contribution < 1.29 is 50.9 Å². The topological polar surface area (TPSA) is 128 Å². The van der Waals surface area contributed by atoms with Crippen LogP contribution in [0.25, 0.3) is 0 Å². The van der Waals surface area contributed by atoms with Crippen molar-refractivity contribution in [3.8, 4) is 0 Å².